The van der Waals surface area contributed by atoms with Crippen molar-refractivity contribution >= 4 is 21.8 Å². The number of carbonyl (C=O) groups excluding carboxylic acids is 1. The van der Waals surface area contributed by atoms with Crippen LogP contribution < -0.4 is 5.32 Å². The van der Waals surface area contributed by atoms with E-state index in [9.17, 15) is 9.90 Å². The Balaban J connectivity index is 2.15. The van der Waals surface area contributed by atoms with E-state index in [1.54, 1.807) is 6.07 Å². The number of aliphatic hydroxyl groups is 1. The molecule has 0 unspecified atom stereocenters. The molecule has 1 amide bonds. The molecule has 0 aliphatic heterocycles. The first-order valence-electron chi connectivity index (χ1n) is 6.34. The van der Waals surface area contributed by atoms with Crippen molar-refractivity contribution in [1.82, 2.24) is 5.32 Å². The zero-order valence-electron chi connectivity index (χ0n) is 11.1. The highest BCUT2D eigenvalue weighted by atomic mass is 79.9. The molecule has 0 saturated carbocycles. The van der Waals surface area contributed by atoms with Crippen LogP contribution in [-0.2, 0) is 0 Å². The molecule has 2 rings (SSSR count). The van der Waals surface area contributed by atoms with Crippen molar-refractivity contribution in [3.8, 4) is 0 Å². The number of hydrogen-bond acceptors (Lipinski definition) is 2. The van der Waals surface area contributed by atoms with Gasteiger partial charge in [0, 0.05) is 10.0 Å². The van der Waals surface area contributed by atoms with Crippen LogP contribution in [0.15, 0.2) is 53.0 Å². The zero-order valence-corrected chi connectivity index (χ0v) is 12.7. The van der Waals surface area contributed by atoms with Crippen LogP contribution in [0.2, 0.25) is 0 Å². The van der Waals surface area contributed by atoms with Crippen LogP contribution >= 0.6 is 15.9 Å². The van der Waals surface area contributed by atoms with Crippen molar-refractivity contribution in [2.45, 2.75) is 13.0 Å². The van der Waals surface area contributed by atoms with Crippen molar-refractivity contribution in [3.63, 3.8) is 0 Å². The molecule has 0 aromatic heterocycles. The number of aliphatic hydroxyl groups excluding tert-OH is 1. The number of hydrogen-bond donors (Lipinski definition) is 2. The fourth-order valence-electron chi connectivity index (χ4n) is 1.95. The van der Waals surface area contributed by atoms with Gasteiger partial charge in [-0.25, -0.2) is 0 Å². The van der Waals surface area contributed by atoms with Gasteiger partial charge < -0.3 is 10.4 Å². The van der Waals surface area contributed by atoms with E-state index in [0.717, 1.165) is 15.6 Å². The highest BCUT2D eigenvalue weighted by Gasteiger charge is 2.15. The fraction of sp³-hybridized carbons (Fsp3) is 0.188. The van der Waals surface area contributed by atoms with Crippen LogP contribution in [-0.4, -0.2) is 17.6 Å². The maximum Gasteiger partial charge on any atom is 0.251 e. The van der Waals surface area contributed by atoms with Gasteiger partial charge in [-0.05, 0) is 36.2 Å². The van der Waals surface area contributed by atoms with Gasteiger partial charge in [-0.2, -0.15) is 0 Å². The van der Waals surface area contributed by atoms with E-state index in [1.807, 2.05) is 49.4 Å². The monoisotopic (exact) mass is 333 g/mol. The summed E-state index contributed by atoms with van der Waals surface area (Å²) in [6.45, 7) is 1.80. The highest BCUT2D eigenvalue weighted by Crippen LogP contribution is 2.18. The zero-order chi connectivity index (χ0) is 14.5. The van der Waals surface area contributed by atoms with Gasteiger partial charge in [-0.1, -0.05) is 46.3 Å². The predicted molar refractivity (Wildman–Crippen MR) is 82.6 cm³/mol. The minimum absolute atomic E-state index is 0.134. The number of amides is 1. The van der Waals surface area contributed by atoms with Crippen molar-refractivity contribution in [3.05, 3.63) is 69.7 Å². The van der Waals surface area contributed by atoms with E-state index in [1.165, 1.54) is 0 Å². The summed E-state index contributed by atoms with van der Waals surface area (Å²) in [5.74, 6) is -0.191. The lowest BCUT2D eigenvalue weighted by Gasteiger charge is -2.17. The molecular weight excluding hydrogens is 318 g/mol. The van der Waals surface area contributed by atoms with Crippen molar-refractivity contribution in [2.75, 3.05) is 6.61 Å². The van der Waals surface area contributed by atoms with Crippen LogP contribution in [0.1, 0.15) is 27.5 Å². The van der Waals surface area contributed by atoms with Gasteiger partial charge in [0.05, 0.1) is 12.6 Å². The first-order valence-corrected chi connectivity index (χ1v) is 7.14. The average Bonchev–Trinajstić information content (AvgIpc) is 2.48. The van der Waals surface area contributed by atoms with Crippen molar-refractivity contribution in [1.29, 1.82) is 0 Å². The second kappa shape index (κ2) is 6.68. The van der Waals surface area contributed by atoms with E-state index in [-0.39, 0.29) is 12.5 Å². The molecule has 20 heavy (non-hydrogen) atoms. The topological polar surface area (TPSA) is 49.3 Å². The Labute approximate surface area is 126 Å². The molecule has 0 aliphatic rings. The Morgan fingerprint density at radius 2 is 1.95 bits per heavy atom. The number of nitrogens with one attached hydrogen (secondary N) is 1. The van der Waals surface area contributed by atoms with E-state index in [0.29, 0.717) is 5.56 Å². The number of halogens is 1. The van der Waals surface area contributed by atoms with Crippen LogP contribution in [0.25, 0.3) is 0 Å². The summed E-state index contributed by atoms with van der Waals surface area (Å²) in [5, 5.41) is 12.3. The molecule has 2 aromatic rings. The molecular formula is C16H16BrNO2. The van der Waals surface area contributed by atoms with Crippen molar-refractivity contribution < 1.29 is 9.90 Å². The Morgan fingerprint density at radius 1 is 1.25 bits per heavy atom. The molecule has 0 heterocycles. The molecule has 0 aliphatic carbocycles. The molecule has 2 N–H and O–H groups in total. The average molecular weight is 334 g/mol. The predicted octanol–water partition coefficient (Wildman–Crippen LogP) is 3.22. The first-order chi connectivity index (χ1) is 9.61. The third kappa shape index (κ3) is 3.46. The molecule has 0 saturated heterocycles. The van der Waals surface area contributed by atoms with E-state index >= 15 is 0 Å². The maximum atomic E-state index is 12.2. The van der Waals surface area contributed by atoms with Gasteiger partial charge in [0.15, 0.2) is 0 Å². The van der Waals surface area contributed by atoms with Crippen LogP contribution in [0.5, 0.6) is 0 Å². The van der Waals surface area contributed by atoms with E-state index < -0.39 is 6.04 Å². The van der Waals surface area contributed by atoms with Gasteiger partial charge in [-0.15, -0.1) is 0 Å². The summed E-state index contributed by atoms with van der Waals surface area (Å²) < 4.78 is 0.968. The number of aryl methyl sites for hydroxylation is 1. The summed E-state index contributed by atoms with van der Waals surface area (Å²) >= 11 is 3.41. The van der Waals surface area contributed by atoms with Gasteiger partial charge >= 0.3 is 0 Å². The van der Waals surface area contributed by atoms with E-state index in [4.69, 9.17) is 0 Å². The second-order valence-corrected chi connectivity index (χ2v) is 5.44. The largest absolute Gasteiger partial charge is 0.394 e. The van der Waals surface area contributed by atoms with Crippen LogP contribution in [0, 0.1) is 6.92 Å². The molecule has 0 spiro atoms. The molecule has 4 heteroatoms. The second-order valence-electron chi connectivity index (χ2n) is 4.58. The summed E-state index contributed by atoms with van der Waals surface area (Å²) in [5.41, 5.74) is 2.47. The minimum atomic E-state index is -0.396. The molecule has 0 radical (unpaired) electrons. The summed E-state index contributed by atoms with van der Waals surface area (Å²) in [6.07, 6.45) is 0. The van der Waals surface area contributed by atoms with Gasteiger partial charge in [-0.3, -0.25) is 4.79 Å². The molecule has 0 bridgehead atoms. The Morgan fingerprint density at radius 3 is 2.55 bits per heavy atom. The highest BCUT2D eigenvalue weighted by molar-refractivity contribution is 9.10. The Hall–Kier alpha value is -1.65. The van der Waals surface area contributed by atoms with Crippen LogP contribution in [0.3, 0.4) is 0 Å². The Bertz CT molecular complexity index is 599. The van der Waals surface area contributed by atoms with Gasteiger partial charge in [0.2, 0.25) is 0 Å². The maximum absolute atomic E-state index is 12.2. The third-order valence-corrected chi connectivity index (χ3v) is 4.00. The normalized spacial score (nSPS) is 11.9. The molecule has 1 atom stereocenters. The molecule has 0 fully saturated rings. The summed E-state index contributed by atoms with van der Waals surface area (Å²) in [6, 6.07) is 14.5. The molecule has 3 nitrogen and oxygen atoms in total. The van der Waals surface area contributed by atoms with Gasteiger partial charge in [0.1, 0.15) is 0 Å². The lowest BCUT2D eigenvalue weighted by molar-refractivity contribution is 0.0916. The smallest absolute Gasteiger partial charge is 0.251 e. The minimum Gasteiger partial charge on any atom is -0.394 e. The lowest BCUT2D eigenvalue weighted by Crippen LogP contribution is -2.30. The standard InChI is InChI=1S/C16H16BrNO2/c1-11-9-13(7-8-14(11)17)16(20)18-15(10-19)12-5-3-2-4-6-12/h2-9,15,19H,10H2,1H3,(H,18,20)/t15-/m1/s1. The van der Waals surface area contributed by atoms with E-state index in [2.05, 4.69) is 21.2 Å². The lowest BCUT2D eigenvalue weighted by atomic mass is 10.1. The number of benzene rings is 2. The summed E-state index contributed by atoms with van der Waals surface area (Å²) in [4.78, 5) is 12.2. The van der Waals surface area contributed by atoms with Crippen LogP contribution in [0.4, 0.5) is 0 Å². The first kappa shape index (κ1) is 14.8. The summed E-state index contributed by atoms with van der Waals surface area (Å²) in [7, 11) is 0. The number of carbonyl (C=O) groups is 1. The SMILES string of the molecule is Cc1cc(C(=O)N[C@H](CO)c2ccccc2)ccc1Br. The number of rotatable bonds is 4. The molecule has 104 valence electrons. The van der Waals surface area contributed by atoms with Crippen molar-refractivity contribution in [2.24, 2.45) is 0 Å². The third-order valence-electron chi connectivity index (χ3n) is 3.11. The molecule has 2 aromatic carbocycles. The quantitative estimate of drug-likeness (QED) is 0.902. The fourth-order valence-corrected chi connectivity index (χ4v) is 2.19. The van der Waals surface area contributed by atoms with Gasteiger partial charge in [0.25, 0.3) is 5.91 Å². The Kier molecular flexibility index (Phi) is 4.93.